The third-order valence-electron chi connectivity index (χ3n) is 0.911. The lowest BCUT2D eigenvalue weighted by atomic mass is 10.3. The Kier molecular flexibility index (Phi) is 3.68. The smallest absolute Gasteiger partial charge is 0.332 e. The molecule has 0 saturated heterocycles. The number of aliphatic carboxylic acids is 1. The van der Waals surface area contributed by atoms with Crippen molar-refractivity contribution in [3.8, 4) is 0 Å². The number of carbonyl (C=O) groups is 1. The number of hydrogen-bond donors (Lipinski definition) is 2. The van der Waals surface area contributed by atoms with Gasteiger partial charge in [0, 0.05) is 26.2 Å². The molecule has 0 aliphatic rings. The minimum atomic E-state index is -0.964. The van der Waals surface area contributed by atoms with Gasteiger partial charge in [-0.1, -0.05) is 6.58 Å². The average Bonchev–Trinajstić information content (AvgIpc) is 1.82. The van der Waals surface area contributed by atoms with E-state index in [2.05, 4.69) is 12.0 Å². The number of carboxylic acid groups (broad SMARTS) is 1. The first kappa shape index (κ1) is 9.13. The Labute approximate surface area is 60.1 Å². The summed E-state index contributed by atoms with van der Waals surface area (Å²) in [7, 11) is 3.57. The van der Waals surface area contributed by atoms with Crippen LogP contribution in [0.3, 0.4) is 0 Å². The van der Waals surface area contributed by atoms with Crippen LogP contribution in [0.4, 0.5) is 0 Å². The molecule has 0 radical (unpaired) electrons. The van der Waals surface area contributed by atoms with E-state index in [0.29, 0.717) is 0 Å². The number of nitrogens with zero attached hydrogens (tertiary/aromatic N) is 1. The van der Waals surface area contributed by atoms with Gasteiger partial charge in [-0.05, 0) is 0 Å². The molecule has 0 aromatic carbocycles. The van der Waals surface area contributed by atoms with E-state index in [1.54, 1.807) is 19.1 Å². The van der Waals surface area contributed by atoms with Crippen LogP contribution in [0.25, 0.3) is 0 Å². The van der Waals surface area contributed by atoms with Gasteiger partial charge in [0.05, 0.1) is 0 Å². The van der Waals surface area contributed by atoms with Crippen LogP contribution in [0.2, 0.25) is 0 Å². The van der Waals surface area contributed by atoms with Gasteiger partial charge < -0.3 is 5.11 Å². The molecule has 0 heterocycles. The molecule has 0 amide bonds. The average molecular weight is 144 g/mol. The Hall–Kier alpha value is -0.870. The number of carboxylic acids is 1. The normalized spacial score (nSPS) is 9.90. The summed E-state index contributed by atoms with van der Waals surface area (Å²) in [5, 5.41) is 10.0. The first-order valence-electron chi connectivity index (χ1n) is 2.86. The Morgan fingerprint density at radius 2 is 2.20 bits per heavy atom. The number of nitrogens with one attached hydrogen (secondary N) is 1. The highest BCUT2D eigenvalue weighted by molar-refractivity contribution is 5.86. The highest BCUT2D eigenvalue weighted by atomic mass is 16.4. The molecule has 0 aliphatic carbocycles. The molecule has 0 unspecified atom stereocenters. The second-order valence-electron chi connectivity index (χ2n) is 2.14. The molecule has 4 nitrogen and oxygen atoms in total. The predicted octanol–water partition coefficient (Wildman–Crippen LogP) is -0.307. The van der Waals surface area contributed by atoms with Gasteiger partial charge in [-0.25, -0.2) is 4.79 Å². The third kappa shape index (κ3) is 4.05. The Morgan fingerprint density at radius 3 is 2.50 bits per heavy atom. The van der Waals surface area contributed by atoms with E-state index in [4.69, 9.17) is 5.11 Å². The van der Waals surface area contributed by atoms with Crippen molar-refractivity contribution in [2.24, 2.45) is 0 Å². The summed E-state index contributed by atoms with van der Waals surface area (Å²) in [5.41, 5.74) is 2.94. The molecule has 0 bridgehead atoms. The fraction of sp³-hybridized carbons (Fsp3) is 0.500. The van der Waals surface area contributed by atoms with Gasteiger partial charge in [0.2, 0.25) is 0 Å². The van der Waals surface area contributed by atoms with Crippen LogP contribution in [-0.2, 0) is 4.79 Å². The van der Waals surface area contributed by atoms with Crippen LogP contribution in [0.15, 0.2) is 12.2 Å². The van der Waals surface area contributed by atoms with E-state index in [-0.39, 0.29) is 12.1 Å². The van der Waals surface area contributed by atoms with Crippen molar-refractivity contribution in [3.05, 3.63) is 12.2 Å². The highest BCUT2D eigenvalue weighted by Gasteiger charge is 2.01. The Bertz CT molecular complexity index is 143. The zero-order valence-electron chi connectivity index (χ0n) is 6.22. The van der Waals surface area contributed by atoms with E-state index in [9.17, 15) is 4.79 Å². The molecule has 0 fully saturated rings. The number of hydrogen-bond acceptors (Lipinski definition) is 3. The van der Waals surface area contributed by atoms with Crippen molar-refractivity contribution in [1.29, 1.82) is 0 Å². The fourth-order valence-electron chi connectivity index (χ4n) is 0.329. The molecule has 58 valence electrons. The number of hydrazine groups is 1. The monoisotopic (exact) mass is 144 g/mol. The van der Waals surface area contributed by atoms with E-state index < -0.39 is 5.97 Å². The van der Waals surface area contributed by atoms with Crippen molar-refractivity contribution in [3.63, 3.8) is 0 Å². The van der Waals surface area contributed by atoms with Crippen molar-refractivity contribution in [2.75, 3.05) is 20.6 Å². The van der Waals surface area contributed by atoms with Crippen LogP contribution in [0.5, 0.6) is 0 Å². The van der Waals surface area contributed by atoms with Gasteiger partial charge >= 0.3 is 5.97 Å². The maximum atomic E-state index is 10.2. The minimum absolute atomic E-state index is 0.161. The molecule has 0 aromatic heterocycles. The van der Waals surface area contributed by atoms with Gasteiger partial charge in [0.1, 0.15) is 0 Å². The standard InChI is InChI=1S/C6H12N2O2/c1-5(6(9)10)4-7-8(2)3/h7H,1,4H2,2-3H3,(H,9,10). The summed E-state index contributed by atoms with van der Waals surface area (Å²) in [5.74, 6) is -0.964. The molecule has 4 heteroatoms. The first-order chi connectivity index (χ1) is 4.54. The van der Waals surface area contributed by atoms with Crippen molar-refractivity contribution in [1.82, 2.24) is 10.4 Å². The van der Waals surface area contributed by atoms with Crippen molar-refractivity contribution < 1.29 is 9.90 Å². The molecule has 0 spiro atoms. The molecular formula is C6H12N2O2. The zero-order valence-corrected chi connectivity index (χ0v) is 6.22. The van der Waals surface area contributed by atoms with Gasteiger partial charge in [0.15, 0.2) is 0 Å². The van der Waals surface area contributed by atoms with Crippen LogP contribution < -0.4 is 5.43 Å². The molecular weight excluding hydrogens is 132 g/mol. The van der Waals surface area contributed by atoms with E-state index in [0.717, 1.165) is 0 Å². The fourth-order valence-corrected chi connectivity index (χ4v) is 0.329. The number of rotatable bonds is 4. The van der Waals surface area contributed by atoms with Crippen LogP contribution in [-0.4, -0.2) is 36.7 Å². The van der Waals surface area contributed by atoms with Gasteiger partial charge in [-0.2, -0.15) is 0 Å². The molecule has 0 rings (SSSR count). The molecule has 0 aromatic rings. The van der Waals surface area contributed by atoms with Crippen molar-refractivity contribution >= 4 is 5.97 Å². The Balaban J connectivity index is 3.50. The summed E-state index contributed by atoms with van der Waals surface area (Å²) in [4.78, 5) is 10.2. The van der Waals surface area contributed by atoms with Crippen LogP contribution >= 0.6 is 0 Å². The summed E-state index contributed by atoms with van der Waals surface area (Å²) in [6, 6.07) is 0. The summed E-state index contributed by atoms with van der Waals surface area (Å²) in [6.45, 7) is 3.62. The maximum absolute atomic E-state index is 10.2. The lowest BCUT2D eigenvalue weighted by Gasteiger charge is -2.10. The molecule has 0 aliphatic heterocycles. The molecule has 10 heavy (non-hydrogen) atoms. The SMILES string of the molecule is C=C(CNN(C)C)C(=O)O. The van der Waals surface area contributed by atoms with Crippen LogP contribution in [0.1, 0.15) is 0 Å². The quantitative estimate of drug-likeness (QED) is 0.420. The molecule has 0 saturated carbocycles. The third-order valence-corrected chi connectivity index (χ3v) is 0.911. The molecule has 0 atom stereocenters. The van der Waals surface area contributed by atoms with E-state index in [1.807, 2.05) is 0 Å². The second kappa shape index (κ2) is 4.03. The van der Waals surface area contributed by atoms with Gasteiger partial charge in [-0.3, -0.25) is 10.4 Å². The maximum Gasteiger partial charge on any atom is 0.332 e. The topological polar surface area (TPSA) is 52.6 Å². The lowest BCUT2D eigenvalue weighted by Crippen LogP contribution is -2.33. The predicted molar refractivity (Wildman–Crippen MR) is 38.5 cm³/mol. The molecule has 2 N–H and O–H groups in total. The first-order valence-corrected chi connectivity index (χ1v) is 2.86. The van der Waals surface area contributed by atoms with Gasteiger partial charge in [-0.15, -0.1) is 0 Å². The van der Waals surface area contributed by atoms with Crippen molar-refractivity contribution in [2.45, 2.75) is 0 Å². The van der Waals surface area contributed by atoms with E-state index >= 15 is 0 Å². The minimum Gasteiger partial charge on any atom is -0.478 e. The largest absolute Gasteiger partial charge is 0.478 e. The lowest BCUT2D eigenvalue weighted by molar-refractivity contribution is -0.132. The van der Waals surface area contributed by atoms with E-state index in [1.165, 1.54) is 0 Å². The summed E-state index contributed by atoms with van der Waals surface area (Å²) in [6.07, 6.45) is 0. The van der Waals surface area contributed by atoms with Crippen LogP contribution in [0, 0.1) is 0 Å². The summed E-state index contributed by atoms with van der Waals surface area (Å²) < 4.78 is 0. The zero-order chi connectivity index (χ0) is 8.15. The second-order valence-corrected chi connectivity index (χ2v) is 2.14. The highest BCUT2D eigenvalue weighted by Crippen LogP contribution is 1.85. The Morgan fingerprint density at radius 1 is 1.70 bits per heavy atom. The summed E-state index contributed by atoms with van der Waals surface area (Å²) >= 11 is 0. The van der Waals surface area contributed by atoms with Gasteiger partial charge in [0.25, 0.3) is 0 Å².